The summed E-state index contributed by atoms with van der Waals surface area (Å²) >= 11 is 5.56. The van der Waals surface area contributed by atoms with Gasteiger partial charge in [0.25, 0.3) is 0 Å². The van der Waals surface area contributed by atoms with Crippen LogP contribution in [-0.2, 0) is 54.4 Å². The molecule has 0 unspecified atom stereocenters. The number of rotatable bonds is 62. The minimum atomic E-state index is -1.66. The molecule has 0 spiro atoms. The molecule has 9 atom stereocenters. The summed E-state index contributed by atoms with van der Waals surface area (Å²) in [6.45, 7) is 1.83. The highest BCUT2D eigenvalue weighted by molar-refractivity contribution is 7.80. The van der Waals surface area contributed by atoms with Crippen LogP contribution < -0.4 is 152 Å². The van der Waals surface area contributed by atoms with E-state index in [1.165, 1.54) is 36.4 Å². The number of anilines is 1. The highest BCUT2D eigenvalue weighted by Gasteiger charge is 2.37. The number of carbonyl (C=O) groups excluding carboxylic acids is 9. The van der Waals surface area contributed by atoms with Crippen LogP contribution in [0.2, 0.25) is 0 Å². The number of guanidine groups is 8. The van der Waals surface area contributed by atoms with E-state index in [0.717, 1.165) is 11.1 Å². The number of nitrogens with one attached hydrogen (secondary N) is 27. The molecular weight excluding hydrogens is 1880 g/mol. The number of nitrogens with two attached hydrogens (primary N) is 8. The maximum atomic E-state index is 15.2. The smallest absolute Gasteiger partial charge is 0.336 e. The van der Waals surface area contributed by atoms with Crippen molar-refractivity contribution in [2.24, 2.45) is 45.9 Å². The van der Waals surface area contributed by atoms with Gasteiger partial charge in [0.15, 0.2) is 58.2 Å². The fourth-order valence-electron chi connectivity index (χ4n) is 14.8. The maximum absolute atomic E-state index is 15.2. The molecule has 1 aliphatic heterocycles. The van der Waals surface area contributed by atoms with E-state index in [9.17, 15) is 53.7 Å². The van der Waals surface area contributed by atoms with Crippen LogP contribution in [0.3, 0.4) is 0 Å². The molecule has 1 aliphatic carbocycles. The third-order valence-corrected chi connectivity index (χ3v) is 22.1. The van der Waals surface area contributed by atoms with Gasteiger partial charge in [-0.3, -0.25) is 101 Å². The van der Waals surface area contributed by atoms with E-state index in [4.69, 9.17) is 106 Å². The summed E-state index contributed by atoms with van der Waals surface area (Å²) < 4.78 is 5.94. The number of hydrogen-bond donors (Lipinski definition) is 38. The molecule has 54 heteroatoms. The Kier molecular flexibility index (Phi) is 48.4. The molecule has 0 fully saturated rings. The van der Waals surface area contributed by atoms with E-state index in [-0.39, 0.29) is 244 Å². The third kappa shape index (κ3) is 42.6. The highest BCUT2D eigenvalue weighted by atomic mass is 32.1. The second-order valence-corrected chi connectivity index (χ2v) is 33.7. The first-order chi connectivity index (χ1) is 68.0. The van der Waals surface area contributed by atoms with Crippen LogP contribution in [0.4, 0.5) is 5.69 Å². The van der Waals surface area contributed by atoms with Crippen LogP contribution in [0, 0.1) is 50.2 Å². The van der Waals surface area contributed by atoms with Crippen LogP contribution in [0.1, 0.15) is 150 Å². The van der Waals surface area contributed by atoms with Gasteiger partial charge in [0.2, 0.25) is 53.2 Å². The molecule has 0 saturated carbocycles. The van der Waals surface area contributed by atoms with Crippen molar-refractivity contribution in [3.8, 4) is 39.6 Å². The summed E-state index contributed by atoms with van der Waals surface area (Å²) in [6.07, 6.45) is 1.87. The van der Waals surface area contributed by atoms with Crippen molar-refractivity contribution >= 4 is 147 Å². The molecule has 6 rings (SSSR count). The van der Waals surface area contributed by atoms with E-state index >= 15 is 19.2 Å². The van der Waals surface area contributed by atoms with Gasteiger partial charge in [-0.05, 0) is 225 Å². The molecule has 2 aromatic heterocycles. The zero-order chi connectivity index (χ0) is 105. The van der Waals surface area contributed by atoms with E-state index < -0.39 is 161 Å². The molecule has 0 saturated heterocycles. The van der Waals surface area contributed by atoms with E-state index in [1.807, 2.05) is 19.1 Å². The fraction of sp³-hybridized carbons (Fsp3) is 0.449. The molecule has 2 aliphatic rings. The predicted molar refractivity (Wildman–Crippen MR) is 540 cm³/mol. The zero-order valence-corrected chi connectivity index (χ0v) is 80.0. The Labute approximate surface area is 828 Å². The van der Waals surface area contributed by atoms with Gasteiger partial charge in [-0.1, -0.05) is 6.07 Å². The number of aromatic hydroxyl groups is 1. The number of aryl methyl sites for hydroxylation is 2. The van der Waals surface area contributed by atoms with Crippen LogP contribution in [0.25, 0.3) is 44.8 Å². The monoisotopic (exact) mass is 2010 g/mol. The Morgan fingerprint density at radius 1 is 0.378 bits per heavy atom. The number of pyridine rings is 2. The number of fused-ring (bicyclic) bond motifs is 2. The normalized spacial score (nSPS) is 12.7. The number of thiocarbonyl (C=S) groups is 1. The van der Waals surface area contributed by atoms with Gasteiger partial charge in [-0.15, -0.1) is 0 Å². The molecule has 9 amide bonds. The summed E-state index contributed by atoms with van der Waals surface area (Å²) in [5, 5.41) is 145. The van der Waals surface area contributed by atoms with Crippen molar-refractivity contribution in [3.05, 3.63) is 118 Å². The van der Waals surface area contributed by atoms with Gasteiger partial charge in [0.1, 0.15) is 71.5 Å². The minimum Gasteiger partial charge on any atom is -0.508 e. The first-order valence-electron chi connectivity index (χ1n) is 46.1. The lowest BCUT2D eigenvalue weighted by Gasteiger charge is -2.29. The van der Waals surface area contributed by atoms with Gasteiger partial charge in [0.05, 0.1) is 17.0 Å². The number of aromatic nitrogens is 2. The summed E-state index contributed by atoms with van der Waals surface area (Å²) in [6, 6.07) is 5.94. The van der Waals surface area contributed by atoms with Gasteiger partial charge >= 0.3 is 11.9 Å². The molecule has 3 heterocycles. The van der Waals surface area contributed by atoms with Crippen LogP contribution in [-0.4, -0.2) is 256 Å². The lowest BCUT2D eigenvalue weighted by atomic mass is 9.90. The summed E-state index contributed by atoms with van der Waals surface area (Å²) in [5.74, 6) is -14.8. The minimum absolute atomic E-state index is 0.00793. The highest BCUT2D eigenvalue weighted by Crippen LogP contribution is 2.42. The zero-order valence-electron chi connectivity index (χ0n) is 79.1. The summed E-state index contributed by atoms with van der Waals surface area (Å²) in [7, 11) is 0. The second-order valence-electron chi connectivity index (χ2n) is 33.3. The third-order valence-electron chi connectivity index (χ3n) is 21.9. The summed E-state index contributed by atoms with van der Waals surface area (Å²) in [4.78, 5) is 181. The largest absolute Gasteiger partial charge is 0.508 e. The van der Waals surface area contributed by atoms with Crippen molar-refractivity contribution in [2.75, 3.05) is 64.2 Å². The Balaban J connectivity index is 1.23. The Hall–Kier alpha value is -16.8. The number of carboxylic acid groups (broad SMARTS) is 2. The maximum Gasteiger partial charge on any atom is 0.336 e. The van der Waals surface area contributed by atoms with Gasteiger partial charge in [-0.2, -0.15) is 0 Å². The van der Waals surface area contributed by atoms with Crippen molar-refractivity contribution in [1.29, 1.82) is 43.3 Å². The van der Waals surface area contributed by atoms with E-state index in [1.54, 1.807) is 42.7 Å². The Morgan fingerprint density at radius 3 is 1.07 bits per heavy atom. The molecule has 2 aromatic carbocycles. The van der Waals surface area contributed by atoms with Crippen molar-refractivity contribution in [3.63, 3.8) is 0 Å². The number of nitrogens with zero attached hydrogens (tertiary/aromatic N) is 2. The van der Waals surface area contributed by atoms with Crippen molar-refractivity contribution in [1.82, 2.24) is 106 Å². The lowest BCUT2D eigenvalue weighted by Crippen LogP contribution is -2.60. The van der Waals surface area contributed by atoms with Gasteiger partial charge in [-0.25, -0.2) is 9.59 Å². The molecule has 46 N–H and O–H groups in total. The number of aliphatic carboxylic acids is 1. The number of unbranched alkanes of at least 4 members (excludes halogenated alkanes) is 1. The molecule has 4 aromatic rings. The fourth-order valence-corrected chi connectivity index (χ4v) is 15.0. The number of carbonyl (C=O) groups is 11. The molecule has 0 bridgehead atoms. The van der Waals surface area contributed by atoms with Gasteiger partial charge < -0.3 is 167 Å². The molecule has 776 valence electrons. The van der Waals surface area contributed by atoms with Gasteiger partial charge in [0, 0.05) is 112 Å². The van der Waals surface area contributed by atoms with E-state index in [2.05, 4.69) is 111 Å². The number of aromatic carboxylic acids is 1. The summed E-state index contributed by atoms with van der Waals surface area (Å²) in [5.41, 5.74) is 48.7. The average molecular weight is 2010 g/mol. The predicted octanol–water partition coefficient (Wildman–Crippen LogP) is -3.62. The number of amides is 9. The molecule has 0 radical (unpaired) electrons. The lowest BCUT2D eigenvalue weighted by molar-refractivity contribution is -0.142. The number of hydrogen-bond acceptors (Lipinski definition) is 25. The number of phenolic OH excluding ortho intramolecular Hbond substituents is 1. The first kappa shape index (κ1) is 115. The quantitative estimate of drug-likeness (QED) is 0.00576. The Morgan fingerprint density at radius 2 is 0.713 bits per heavy atom. The van der Waals surface area contributed by atoms with E-state index in [0.29, 0.717) is 27.9 Å². The standard InChI is InChI=1S/C89H133N37O16S/c1-47-29-40-106-65(42-47)66-43-48(30-41-107-66)21-28-69(129)118-56(13-4-32-108-81(90)91)71(130)119-57(14-5-33-109-82(92)93)72(131)120-58(15-6-34-110-83(94)95)73(132)121-59(16-7-35-111-84(96)97)74(133)122-60(17-8-36-112-85(98)99)75(134)123-61(18-9-37-113-86(100)101)76(135)124-62(19-10-38-114-87(102)103)77(136)125-63(20-11-39-115-88(104)105)78(137)126-64(80(140)141)12-2-3-31-116-89(143)117-49-22-25-52(55(44-49)79(138)139)70-53-26-23-50(127)45-67(53)142-68-46-51(128)24-27-54(68)70/h22-27,29-30,40-46,56-64,127H,2-21,28,31-39H2,1H3,(H,118,129)(H,119,130)(H,120,131)(H,121,132)(H,122,133)(H,123,134)(H,124,135)(H,125,136)(H,126,137)(H,138,139)(H,140,141)(H4,90,91,108)(H4,92,93,109)(H4,94,95,110)(H4,96,97,111)(H4,98,99,112)(H4,100,101,113)(H4,102,103,114)(H4,104,105,115)(H2,116,117,143)/t56-,57-,58-,59-,60-,61-,62-,63-,64-/m0/s1. The second kappa shape index (κ2) is 60.2. The number of carboxylic acids is 2. The topological polar surface area (TPSA) is 932 Å². The van der Waals surface area contributed by atoms with Crippen molar-refractivity contribution < 1.29 is 72.5 Å². The number of phenols is 1. The first-order valence-corrected chi connectivity index (χ1v) is 46.5. The van der Waals surface area contributed by atoms with Crippen LogP contribution in [0.5, 0.6) is 5.75 Å². The Bertz CT molecular complexity index is 5510. The molecule has 53 nitrogen and oxygen atoms in total. The molecule has 143 heavy (non-hydrogen) atoms. The molecular formula is C89H133N37O16S. The van der Waals surface area contributed by atoms with Crippen molar-refractivity contribution in [2.45, 2.75) is 196 Å². The number of benzene rings is 3. The van der Waals surface area contributed by atoms with Crippen LogP contribution in [0.15, 0.2) is 100 Å². The van der Waals surface area contributed by atoms with Crippen LogP contribution >= 0.6 is 12.2 Å². The SMILES string of the molecule is Cc1ccnc(-c2cc(CCC(=O)N[C@@H](CCCNC(=N)N)C(=O)N[C@@H](CCCNC(=N)N)C(=O)N[C@@H](CCCNC(=N)N)C(=O)N[C@@H](CCCNC(=N)N)C(=O)N[C@@H](CCCNC(=N)N)C(=O)N[C@@H](CCCNC(=N)N)C(=O)N[C@@H](CCCNC(=N)N)C(=O)N[C@@H](CCCNC(=N)N)C(=O)N[C@@H](CCCCNC(=S)Nc3ccc(-c4c5ccc(=O)cc-5oc5cc(O)ccc45)c(C(=O)O)c3)C(=O)O)ccn2)c1. The average Bonchev–Trinajstić information content (AvgIpc) is 0.745.